The van der Waals surface area contributed by atoms with Crippen LogP contribution in [-0.2, 0) is 17.9 Å². The summed E-state index contributed by atoms with van der Waals surface area (Å²) >= 11 is 1.64. The van der Waals surface area contributed by atoms with Gasteiger partial charge in [0.1, 0.15) is 5.82 Å². The summed E-state index contributed by atoms with van der Waals surface area (Å²) in [5.74, 6) is -0.167. The molecule has 0 saturated heterocycles. The van der Waals surface area contributed by atoms with E-state index in [2.05, 4.69) is 5.32 Å². The van der Waals surface area contributed by atoms with Crippen molar-refractivity contribution in [1.29, 1.82) is 0 Å². The Bertz CT molecular complexity index is 608. The van der Waals surface area contributed by atoms with Gasteiger partial charge in [-0.15, -0.1) is 11.3 Å². The number of carbonyl (C=O) groups excluding carboxylic acids is 1. The second-order valence-corrected chi connectivity index (χ2v) is 6.64. The summed E-state index contributed by atoms with van der Waals surface area (Å²) in [5, 5.41) is 5.28. The maximum atomic E-state index is 13.0. The van der Waals surface area contributed by atoms with E-state index in [1.807, 2.05) is 22.4 Å². The van der Waals surface area contributed by atoms with Crippen LogP contribution in [0.2, 0.25) is 0 Å². The first-order valence-electron chi connectivity index (χ1n) is 7.49. The van der Waals surface area contributed by atoms with Gasteiger partial charge in [0.25, 0.3) is 0 Å². The van der Waals surface area contributed by atoms with Gasteiger partial charge in [-0.05, 0) is 42.0 Å². The molecule has 3 rings (SSSR count). The maximum absolute atomic E-state index is 13.0. The number of nitrogens with one attached hydrogen (secondary N) is 1. The molecule has 116 valence electrons. The van der Waals surface area contributed by atoms with Crippen LogP contribution in [0.5, 0.6) is 0 Å². The highest BCUT2D eigenvalue weighted by atomic mass is 32.1. The Hall–Kier alpha value is -1.72. The van der Waals surface area contributed by atoms with E-state index < -0.39 is 0 Å². The second kappa shape index (κ2) is 7.03. The third kappa shape index (κ3) is 4.39. The molecule has 1 aromatic carbocycles. The number of halogens is 1. The van der Waals surface area contributed by atoms with Crippen molar-refractivity contribution >= 4 is 17.2 Å². The van der Waals surface area contributed by atoms with Crippen LogP contribution in [0.1, 0.15) is 23.3 Å². The molecule has 0 atom stereocenters. The number of nitrogens with zero attached hydrogens (tertiary/aromatic N) is 1. The molecule has 0 radical (unpaired) electrons. The maximum Gasteiger partial charge on any atom is 0.237 e. The number of rotatable bonds is 7. The SMILES string of the molecule is O=C(CNC1CC1)N(Cc1ccc(F)cc1)Cc1cccs1. The predicted molar refractivity (Wildman–Crippen MR) is 86.0 cm³/mol. The third-order valence-electron chi connectivity index (χ3n) is 3.69. The molecular weight excluding hydrogens is 299 g/mol. The molecule has 0 unspecified atom stereocenters. The fourth-order valence-electron chi connectivity index (χ4n) is 2.26. The van der Waals surface area contributed by atoms with E-state index in [1.54, 1.807) is 23.5 Å². The van der Waals surface area contributed by atoms with E-state index in [9.17, 15) is 9.18 Å². The van der Waals surface area contributed by atoms with Crippen LogP contribution in [0.4, 0.5) is 4.39 Å². The van der Waals surface area contributed by atoms with Crippen molar-refractivity contribution in [3.63, 3.8) is 0 Å². The highest BCUT2D eigenvalue weighted by molar-refractivity contribution is 7.09. The summed E-state index contributed by atoms with van der Waals surface area (Å²) in [6.07, 6.45) is 2.33. The van der Waals surface area contributed by atoms with Crippen molar-refractivity contribution in [2.24, 2.45) is 0 Å². The zero-order valence-electron chi connectivity index (χ0n) is 12.3. The zero-order valence-corrected chi connectivity index (χ0v) is 13.1. The van der Waals surface area contributed by atoms with Crippen LogP contribution < -0.4 is 5.32 Å². The van der Waals surface area contributed by atoms with Gasteiger partial charge in [-0.25, -0.2) is 4.39 Å². The molecule has 1 aromatic heterocycles. The molecule has 1 heterocycles. The van der Waals surface area contributed by atoms with Crippen LogP contribution in [0.15, 0.2) is 41.8 Å². The minimum Gasteiger partial charge on any atom is -0.332 e. The first kappa shape index (κ1) is 15.2. The lowest BCUT2D eigenvalue weighted by molar-refractivity contribution is -0.131. The van der Waals surface area contributed by atoms with Crippen LogP contribution in [0.25, 0.3) is 0 Å². The Morgan fingerprint density at radius 1 is 1.23 bits per heavy atom. The van der Waals surface area contributed by atoms with Crippen molar-refractivity contribution in [3.05, 3.63) is 58.0 Å². The lowest BCUT2D eigenvalue weighted by Crippen LogP contribution is -2.38. The molecule has 1 saturated carbocycles. The number of hydrogen-bond donors (Lipinski definition) is 1. The minimum atomic E-state index is -0.254. The van der Waals surface area contributed by atoms with E-state index in [0.29, 0.717) is 25.7 Å². The zero-order chi connectivity index (χ0) is 15.4. The number of hydrogen-bond acceptors (Lipinski definition) is 3. The summed E-state index contributed by atoms with van der Waals surface area (Å²) in [6, 6.07) is 10.9. The van der Waals surface area contributed by atoms with Gasteiger partial charge < -0.3 is 10.2 Å². The number of carbonyl (C=O) groups is 1. The average molecular weight is 318 g/mol. The second-order valence-electron chi connectivity index (χ2n) is 5.61. The van der Waals surface area contributed by atoms with Crippen molar-refractivity contribution in [1.82, 2.24) is 10.2 Å². The molecule has 1 aliphatic carbocycles. The summed E-state index contributed by atoms with van der Waals surface area (Å²) < 4.78 is 13.0. The van der Waals surface area contributed by atoms with Gasteiger partial charge >= 0.3 is 0 Å². The van der Waals surface area contributed by atoms with Gasteiger partial charge in [0.05, 0.1) is 13.1 Å². The Kier molecular flexibility index (Phi) is 4.85. The van der Waals surface area contributed by atoms with Crippen molar-refractivity contribution < 1.29 is 9.18 Å². The molecule has 2 aromatic rings. The van der Waals surface area contributed by atoms with E-state index >= 15 is 0 Å². The molecule has 1 amide bonds. The van der Waals surface area contributed by atoms with E-state index in [0.717, 1.165) is 23.3 Å². The highest BCUT2D eigenvalue weighted by Gasteiger charge is 2.23. The molecule has 1 fully saturated rings. The summed E-state index contributed by atoms with van der Waals surface area (Å²) in [4.78, 5) is 15.4. The van der Waals surface area contributed by atoms with Crippen molar-refractivity contribution in [2.45, 2.75) is 32.0 Å². The molecular formula is C17H19FN2OS. The fourth-order valence-corrected chi connectivity index (χ4v) is 2.98. The Balaban J connectivity index is 1.66. The predicted octanol–water partition coefficient (Wildman–Crippen LogP) is 3.17. The van der Waals surface area contributed by atoms with Gasteiger partial charge in [-0.3, -0.25) is 4.79 Å². The summed E-state index contributed by atoms with van der Waals surface area (Å²) in [7, 11) is 0. The molecule has 0 aliphatic heterocycles. The molecule has 5 heteroatoms. The fraction of sp³-hybridized carbons (Fsp3) is 0.353. The van der Waals surface area contributed by atoms with Crippen molar-refractivity contribution in [3.8, 4) is 0 Å². The monoisotopic (exact) mass is 318 g/mol. The average Bonchev–Trinajstić information content (AvgIpc) is 3.21. The highest BCUT2D eigenvalue weighted by Crippen LogP contribution is 2.19. The normalized spacial score (nSPS) is 14.0. The topological polar surface area (TPSA) is 32.3 Å². The largest absolute Gasteiger partial charge is 0.332 e. The molecule has 1 N–H and O–H groups in total. The van der Waals surface area contributed by atoms with Gasteiger partial charge in [-0.2, -0.15) is 0 Å². The Labute approximate surface area is 133 Å². The Morgan fingerprint density at radius 2 is 2.00 bits per heavy atom. The molecule has 0 bridgehead atoms. The molecule has 0 spiro atoms. The third-order valence-corrected chi connectivity index (χ3v) is 4.55. The van der Waals surface area contributed by atoms with Crippen LogP contribution in [-0.4, -0.2) is 23.4 Å². The van der Waals surface area contributed by atoms with Gasteiger partial charge in [0, 0.05) is 17.5 Å². The standard InChI is InChI=1S/C17H19FN2OS/c18-14-5-3-13(4-6-14)11-20(12-16-2-1-9-22-16)17(21)10-19-15-7-8-15/h1-6,9,15,19H,7-8,10-12H2. The van der Waals surface area contributed by atoms with Crippen molar-refractivity contribution in [2.75, 3.05) is 6.54 Å². The Morgan fingerprint density at radius 3 is 2.64 bits per heavy atom. The van der Waals surface area contributed by atoms with Crippen LogP contribution in [0, 0.1) is 5.82 Å². The number of benzene rings is 1. The van der Waals surface area contributed by atoms with Crippen LogP contribution >= 0.6 is 11.3 Å². The summed E-state index contributed by atoms with van der Waals surface area (Å²) in [5.41, 5.74) is 0.942. The van der Waals surface area contributed by atoms with Crippen LogP contribution in [0.3, 0.4) is 0 Å². The van der Waals surface area contributed by atoms with Gasteiger partial charge in [-0.1, -0.05) is 18.2 Å². The van der Waals surface area contributed by atoms with Gasteiger partial charge in [0.15, 0.2) is 0 Å². The lowest BCUT2D eigenvalue weighted by Gasteiger charge is -2.22. The molecule has 22 heavy (non-hydrogen) atoms. The molecule has 3 nitrogen and oxygen atoms in total. The quantitative estimate of drug-likeness (QED) is 0.850. The van der Waals surface area contributed by atoms with E-state index in [-0.39, 0.29) is 11.7 Å². The minimum absolute atomic E-state index is 0.0876. The first-order chi connectivity index (χ1) is 10.7. The van der Waals surface area contributed by atoms with E-state index in [4.69, 9.17) is 0 Å². The lowest BCUT2D eigenvalue weighted by atomic mass is 10.2. The first-order valence-corrected chi connectivity index (χ1v) is 8.36. The van der Waals surface area contributed by atoms with Gasteiger partial charge in [0.2, 0.25) is 5.91 Å². The summed E-state index contributed by atoms with van der Waals surface area (Å²) in [6.45, 7) is 1.47. The smallest absolute Gasteiger partial charge is 0.237 e. The van der Waals surface area contributed by atoms with E-state index in [1.165, 1.54) is 12.1 Å². The number of thiophene rings is 1. The molecule has 1 aliphatic rings. The number of amides is 1.